The fraction of sp³-hybridized carbons (Fsp3) is 0.727. The van der Waals surface area contributed by atoms with Gasteiger partial charge in [0.25, 0.3) is 0 Å². The first-order valence-electron chi connectivity index (χ1n) is 5.52. The quantitative estimate of drug-likeness (QED) is 0.832. The normalized spacial score (nSPS) is 20.9. The fourth-order valence-electron chi connectivity index (χ4n) is 2.32. The second-order valence-corrected chi connectivity index (χ2v) is 4.94. The van der Waals surface area contributed by atoms with Crippen molar-refractivity contribution in [1.82, 2.24) is 4.37 Å². The molecule has 0 aromatic carbocycles. The summed E-state index contributed by atoms with van der Waals surface area (Å²) in [7, 11) is 0. The molecule has 1 heterocycles. The summed E-state index contributed by atoms with van der Waals surface area (Å²) in [5.41, 5.74) is 7.20. The lowest BCUT2D eigenvalue weighted by Gasteiger charge is -2.23. The van der Waals surface area contributed by atoms with Gasteiger partial charge >= 0.3 is 0 Å². The van der Waals surface area contributed by atoms with Crippen molar-refractivity contribution < 1.29 is 0 Å². The SMILES string of the molecule is NC(CC1CCCCC1)c1ccsn1. The van der Waals surface area contributed by atoms with Crippen molar-refractivity contribution >= 4 is 11.5 Å². The summed E-state index contributed by atoms with van der Waals surface area (Å²) in [5.74, 6) is 0.848. The third-order valence-corrected chi connectivity index (χ3v) is 3.72. The van der Waals surface area contributed by atoms with Crippen molar-refractivity contribution in [2.45, 2.75) is 44.6 Å². The molecule has 1 fully saturated rings. The lowest BCUT2D eigenvalue weighted by molar-refractivity contribution is 0.318. The Balaban J connectivity index is 1.84. The second kappa shape index (κ2) is 4.89. The molecule has 1 aromatic rings. The van der Waals surface area contributed by atoms with E-state index in [2.05, 4.69) is 10.4 Å². The Morgan fingerprint density at radius 1 is 1.43 bits per heavy atom. The van der Waals surface area contributed by atoms with Crippen LogP contribution in [0.3, 0.4) is 0 Å². The summed E-state index contributed by atoms with van der Waals surface area (Å²) in [6.45, 7) is 0. The van der Waals surface area contributed by atoms with E-state index in [9.17, 15) is 0 Å². The van der Waals surface area contributed by atoms with Crippen molar-refractivity contribution in [3.8, 4) is 0 Å². The van der Waals surface area contributed by atoms with Crippen LogP contribution < -0.4 is 5.73 Å². The lowest BCUT2D eigenvalue weighted by Crippen LogP contribution is -2.17. The van der Waals surface area contributed by atoms with Crippen molar-refractivity contribution in [2.24, 2.45) is 11.7 Å². The zero-order chi connectivity index (χ0) is 9.80. The van der Waals surface area contributed by atoms with Gasteiger partial charge in [0.1, 0.15) is 0 Å². The molecule has 0 bridgehead atoms. The van der Waals surface area contributed by atoms with Crippen LogP contribution in [-0.2, 0) is 0 Å². The van der Waals surface area contributed by atoms with Crippen LogP contribution in [0.15, 0.2) is 11.4 Å². The molecule has 2 N–H and O–H groups in total. The summed E-state index contributed by atoms with van der Waals surface area (Å²) in [6.07, 6.45) is 8.09. The van der Waals surface area contributed by atoms with Gasteiger partial charge in [-0.3, -0.25) is 0 Å². The summed E-state index contributed by atoms with van der Waals surface area (Å²) in [6, 6.07) is 2.22. The third-order valence-electron chi connectivity index (χ3n) is 3.15. The highest BCUT2D eigenvalue weighted by Gasteiger charge is 2.18. The molecule has 14 heavy (non-hydrogen) atoms. The number of rotatable bonds is 3. The van der Waals surface area contributed by atoms with Crippen LogP contribution in [0.4, 0.5) is 0 Å². The van der Waals surface area contributed by atoms with E-state index < -0.39 is 0 Å². The third kappa shape index (κ3) is 2.55. The Morgan fingerprint density at radius 3 is 2.86 bits per heavy atom. The minimum Gasteiger partial charge on any atom is -0.323 e. The Hall–Kier alpha value is -0.410. The molecule has 0 aliphatic heterocycles. The van der Waals surface area contributed by atoms with Gasteiger partial charge in [-0.25, -0.2) is 0 Å². The summed E-state index contributed by atoms with van der Waals surface area (Å²) >= 11 is 1.50. The van der Waals surface area contributed by atoms with Crippen molar-refractivity contribution in [3.05, 3.63) is 17.1 Å². The molecule has 1 aliphatic carbocycles. The summed E-state index contributed by atoms with van der Waals surface area (Å²) < 4.78 is 4.30. The van der Waals surface area contributed by atoms with E-state index in [-0.39, 0.29) is 6.04 Å². The molecule has 0 saturated heterocycles. The van der Waals surface area contributed by atoms with E-state index in [0.717, 1.165) is 18.0 Å². The lowest BCUT2D eigenvalue weighted by atomic mass is 9.84. The van der Waals surface area contributed by atoms with Gasteiger partial charge in [-0.2, -0.15) is 4.37 Å². The topological polar surface area (TPSA) is 38.9 Å². The van der Waals surface area contributed by atoms with E-state index in [1.165, 1.54) is 43.6 Å². The maximum atomic E-state index is 6.11. The molecule has 2 rings (SSSR count). The van der Waals surface area contributed by atoms with Crippen molar-refractivity contribution in [3.63, 3.8) is 0 Å². The van der Waals surface area contributed by atoms with Gasteiger partial charge in [-0.15, -0.1) is 0 Å². The highest BCUT2D eigenvalue weighted by Crippen LogP contribution is 2.30. The molecular weight excluding hydrogens is 192 g/mol. The summed E-state index contributed by atoms with van der Waals surface area (Å²) in [5, 5.41) is 2.01. The monoisotopic (exact) mass is 210 g/mol. The largest absolute Gasteiger partial charge is 0.323 e. The maximum Gasteiger partial charge on any atom is 0.0709 e. The van der Waals surface area contributed by atoms with E-state index in [1.54, 1.807) is 0 Å². The number of nitrogens with zero attached hydrogens (tertiary/aromatic N) is 1. The van der Waals surface area contributed by atoms with Crippen LogP contribution in [0.2, 0.25) is 0 Å². The zero-order valence-corrected chi connectivity index (χ0v) is 9.30. The molecule has 1 atom stereocenters. The van der Waals surface area contributed by atoms with Crippen LogP contribution >= 0.6 is 11.5 Å². The van der Waals surface area contributed by atoms with E-state index in [4.69, 9.17) is 5.73 Å². The highest BCUT2D eigenvalue weighted by atomic mass is 32.1. The molecule has 0 amide bonds. The molecule has 78 valence electrons. The molecule has 2 nitrogen and oxygen atoms in total. The van der Waals surface area contributed by atoms with Crippen LogP contribution in [0, 0.1) is 5.92 Å². The molecule has 1 saturated carbocycles. The molecule has 1 unspecified atom stereocenters. The average molecular weight is 210 g/mol. The Bertz CT molecular complexity index is 252. The molecule has 0 radical (unpaired) electrons. The maximum absolute atomic E-state index is 6.11. The minimum atomic E-state index is 0.171. The predicted octanol–water partition coefficient (Wildman–Crippen LogP) is 3.11. The van der Waals surface area contributed by atoms with E-state index >= 15 is 0 Å². The van der Waals surface area contributed by atoms with E-state index in [1.807, 2.05) is 5.38 Å². The number of aromatic nitrogens is 1. The summed E-state index contributed by atoms with van der Waals surface area (Å²) in [4.78, 5) is 0. The molecule has 3 heteroatoms. The van der Waals surface area contributed by atoms with E-state index in [0.29, 0.717) is 0 Å². The Morgan fingerprint density at radius 2 is 2.21 bits per heavy atom. The van der Waals surface area contributed by atoms with Crippen molar-refractivity contribution in [2.75, 3.05) is 0 Å². The van der Waals surface area contributed by atoms with Gasteiger partial charge in [0.05, 0.1) is 5.69 Å². The second-order valence-electron chi connectivity index (χ2n) is 4.27. The molecular formula is C11H18N2S. The highest BCUT2D eigenvalue weighted by molar-refractivity contribution is 7.03. The van der Waals surface area contributed by atoms with Crippen LogP contribution in [0.1, 0.15) is 50.3 Å². The Labute approximate surface area is 89.7 Å². The first-order valence-corrected chi connectivity index (χ1v) is 6.36. The Kier molecular flexibility index (Phi) is 3.54. The van der Waals surface area contributed by atoms with Gasteiger partial charge in [-0.05, 0) is 29.9 Å². The smallest absolute Gasteiger partial charge is 0.0709 e. The standard InChI is InChI=1S/C11H18N2S/c12-10(11-6-7-14-13-11)8-9-4-2-1-3-5-9/h6-7,9-10H,1-5,8,12H2. The molecule has 0 spiro atoms. The van der Waals surface area contributed by atoms with Gasteiger partial charge in [0.2, 0.25) is 0 Å². The van der Waals surface area contributed by atoms with Gasteiger partial charge in [0.15, 0.2) is 0 Å². The first kappa shape index (κ1) is 10.1. The van der Waals surface area contributed by atoms with Gasteiger partial charge in [-0.1, -0.05) is 32.1 Å². The fourth-order valence-corrected chi connectivity index (χ4v) is 2.89. The van der Waals surface area contributed by atoms with Gasteiger partial charge in [0, 0.05) is 11.4 Å². The predicted molar refractivity (Wildman–Crippen MR) is 60.2 cm³/mol. The first-order chi connectivity index (χ1) is 6.86. The van der Waals surface area contributed by atoms with Crippen LogP contribution in [0.25, 0.3) is 0 Å². The van der Waals surface area contributed by atoms with Gasteiger partial charge < -0.3 is 5.73 Å². The average Bonchev–Trinajstić information content (AvgIpc) is 2.72. The number of hydrogen-bond donors (Lipinski definition) is 1. The molecule has 1 aromatic heterocycles. The number of nitrogens with two attached hydrogens (primary N) is 1. The number of hydrogen-bond acceptors (Lipinski definition) is 3. The minimum absolute atomic E-state index is 0.171. The van der Waals surface area contributed by atoms with Crippen LogP contribution in [0.5, 0.6) is 0 Å². The zero-order valence-electron chi connectivity index (χ0n) is 8.48. The molecule has 1 aliphatic rings. The van der Waals surface area contributed by atoms with Crippen molar-refractivity contribution in [1.29, 1.82) is 0 Å². The van der Waals surface area contributed by atoms with Crippen LogP contribution in [-0.4, -0.2) is 4.37 Å².